The van der Waals surface area contributed by atoms with Crippen LogP contribution in [0.2, 0.25) is 0 Å². The van der Waals surface area contributed by atoms with Crippen LogP contribution < -0.4 is 10.6 Å². The minimum atomic E-state index is 0.192. The monoisotopic (exact) mass is 216 g/mol. The van der Waals surface area contributed by atoms with Gasteiger partial charge in [-0.05, 0) is 45.7 Å². The lowest BCUT2D eigenvalue weighted by molar-refractivity contribution is 0.285. The molecule has 0 saturated carbocycles. The Morgan fingerprint density at radius 3 is 2.33 bits per heavy atom. The number of hydrogen-bond acceptors (Lipinski definition) is 3. The molecule has 3 nitrogen and oxygen atoms in total. The molecule has 0 heterocycles. The van der Waals surface area contributed by atoms with E-state index in [4.69, 9.17) is 5.11 Å². The largest absolute Gasteiger partial charge is 0.395 e. The van der Waals surface area contributed by atoms with Crippen molar-refractivity contribution in [1.29, 1.82) is 0 Å². The fraction of sp³-hybridized carbons (Fsp3) is 1.00. The third-order valence-corrected chi connectivity index (χ3v) is 2.54. The van der Waals surface area contributed by atoms with E-state index in [9.17, 15) is 0 Å². The molecule has 0 saturated heterocycles. The van der Waals surface area contributed by atoms with Crippen molar-refractivity contribution in [3.63, 3.8) is 0 Å². The first-order chi connectivity index (χ1) is 6.98. The number of aliphatic hydroxyl groups excluding tert-OH is 1. The predicted octanol–water partition coefficient (Wildman–Crippen LogP) is 1.37. The van der Waals surface area contributed by atoms with Crippen molar-refractivity contribution < 1.29 is 5.11 Å². The Kier molecular flexibility index (Phi) is 8.02. The zero-order valence-corrected chi connectivity index (χ0v) is 10.8. The van der Waals surface area contributed by atoms with E-state index in [1.807, 2.05) is 0 Å². The molecule has 92 valence electrons. The SMILES string of the molecule is CC(C)CCNC(C)(C)CCNCCO. The molecule has 0 aromatic carbocycles. The van der Waals surface area contributed by atoms with Crippen molar-refractivity contribution in [2.45, 2.75) is 46.1 Å². The summed E-state index contributed by atoms with van der Waals surface area (Å²) in [6.07, 6.45) is 2.32. The Morgan fingerprint density at radius 1 is 1.13 bits per heavy atom. The molecule has 0 unspecified atom stereocenters. The fourth-order valence-electron chi connectivity index (χ4n) is 1.39. The van der Waals surface area contributed by atoms with Crippen molar-refractivity contribution >= 4 is 0 Å². The average Bonchev–Trinajstić information content (AvgIpc) is 2.11. The van der Waals surface area contributed by atoms with Gasteiger partial charge in [0.15, 0.2) is 0 Å². The lowest BCUT2D eigenvalue weighted by Crippen LogP contribution is -2.42. The standard InChI is InChI=1S/C12H28N2O/c1-11(2)5-7-14-12(3,4)6-8-13-9-10-15/h11,13-15H,5-10H2,1-4H3. The highest BCUT2D eigenvalue weighted by atomic mass is 16.3. The number of rotatable bonds is 9. The average molecular weight is 216 g/mol. The number of hydrogen-bond donors (Lipinski definition) is 3. The molecule has 3 heteroatoms. The summed E-state index contributed by atoms with van der Waals surface area (Å²) in [5, 5.41) is 15.4. The van der Waals surface area contributed by atoms with Gasteiger partial charge in [0.05, 0.1) is 6.61 Å². The molecule has 0 rings (SSSR count). The molecular formula is C12H28N2O. The van der Waals surface area contributed by atoms with E-state index >= 15 is 0 Å². The zero-order chi connectivity index (χ0) is 11.7. The van der Waals surface area contributed by atoms with Gasteiger partial charge in [0.1, 0.15) is 0 Å². The smallest absolute Gasteiger partial charge is 0.0555 e. The van der Waals surface area contributed by atoms with Crippen LogP contribution in [0.1, 0.15) is 40.5 Å². The van der Waals surface area contributed by atoms with Crippen molar-refractivity contribution in [3.05, 3.63) is 0 Å². The van der Waals surface area contributed by atoms with Gasteiger partial charge in [-0.15, -0.1) is 0 Å². The first-order valence-electron chi connectivity index (χ1n) is 6.04. The highest BCUT2D eigenvalue weighted by Gasteiger charge is 2.15. The van der Waals surface area contributed by atoms with Crippen LogP contribution in [-0.2, 0) is 0 Å². The molecule has 0 aromatic rings. The van der Waals surface area contributed by atoms with E-state index in [0.717, 1.165) is 25.4 Å². The third-order valence-electron chi connectivity index (χ3n) is 2.54. The van der Waals surface area contributed by atoms with Gasteiger partial charge < -0.3 is 15.7 Å². The molecule has 15 heavy (non-hydrogen) atoms. The molecule has 0 spiro atoms. The van der Waals surface area contributed by atoms with Crippen LogP contribution >= 0.6 is 0 Å². The molecule has 3 N–H and O–H groups in total. The van der Waals surface area contributed by atoms with Crippen molar-refractivity contribution in [1.82, 2.24) is 10.6 Å². The Balaban J connectivity index is 3.48. The zero-order valence-electron chi connectivity index (χ0n) is 10.8. The molecular weight excluding hydrogens is 188 g/mol. The van der Waals surface area contributed by atoms with Gasteiger partial charge in [-0.1, -0.05) is 13.8 Å². The van der Waals surface area contributed by atoms with Crippen molar-refractivity contribution in [3.8, 4) is 0 Å². The molecule has 0 fully saturated rings. The number of aliphatic hydroxyl groups is 1. The van der Waals surface area contributed by atoms with E-state index in [1.165, 1.54) is 6.42 Å². The summed E-state index contributed by atoms with van der Waals surface area (Å²) < 4.78 is 0. The minimum Gasteiger partial charge on any atom is -0.395 e. The van der Waals surface area contributed by atoms with E-state index in [1.54, 1.807) is 0 Å². The fourth-order valence-corrected chi connectivity index (χ4v) is 1.39. The first-order valence-corrected chi connectivity index (χ1v) is 6.04. The maximum Gasteiger partial charge on any atom is 0.0555 e. The van der Waals surface area contributed by atoms with E-state index < -0.39 is 0 Å². The van der Waals surface area contributed by atoms with Crippen LogP contribution in [0.5, 0.6) is 0 Å². The van der Waals surface area contributed by atoms with Crippen molar-refractivity contribution in [2.75, 3.05) is 26.2 Å². The Hall–Kier alpha value is -0.120. The molecule has 0 aromatic heterocycles. The summed E-state index contributed by atoms with van der Waals surface area (Å²) >= 11 is 0. The quantitative estimate of drug-likeness (QED) is 0.510. The molecule has 0 atom stereocenters. The molecule has 0 aliphatic heterocycles. The van der Waals surface area contributed by atoms with Crippen LogP contribution in [0.3, 0.4) is 0 Å². The second-order valence-electron chi connectivity index (χ2n) is 5.22. The maximum atomic E-state index is 8.62. The maximum absolute atomic E-state index is 8.62. The van der Waals surface area contributed by atoms with Crippen LogP contribution in [0.15, 0.2) is 0 Å². The molecule has 0 radical (unpaired) electrons. The second kappa shape index (κ2) is 8.08. The van der Waals surface area contributed by atoms with Gasteiger partial charge in [-0.3, -0.25) is 0 Å². The lowest BCUT2D eigenvalue weighted by Gasteiger charge is -2.27. The normalized spacial score (nSPS) is 12.4. The lowest BCUT2D eigenvalue weighted by atomic mass is 10.00. The summed E-state index contributed by atoms with van der Waals surface area (Å²) in [6, 6.07) is 0. The Labute approximate surface area is 94.6 Å². The molecule has 0 bridgehead atoms. The highest BCUT2D eigenvalue weighted by Crippen LogP contribution is 2.08. The van der Waals surface area contributed by atoms with Crippen molar-refractivity contribution in [2.24, 2.45) is 5.92 Å². The number of nitrogens with one attached hydrogen (secondary N) is 2. The summed E-state index contributed by atoms with van der Waals surface area (Å²) in [4.78, 5) is 0. The predicted molar refractivity (Wildman–Crippen MR) is 66.1 cm³/mol. The molecule has 0 aliphatic carbocycles. The minimum absolute atomic E-state index is 0.192. The summed E-state index contributed by atoms with van der Waals surface area (Å²) in [5.74, 6) is 0.765. The van der Waals surface area contributed by atoms with Gasteiger partial charge in [0, 0.05) is 12.1 Å². The summed E-state index contributed by atoms with van der Waals surface area (Å²) in [5.41, 5.74) is 0.192. The van der Waals surface area contributed by atoms with Crippen LogP contribution in [0.25, 0.3) is 0 Å². The molecule has 0 aliphatic rings. The summed E-state index contributed by atoms with van der Waals surface area (Å²) in [6.45, 7) is 11.9. The van der Waals surface area contributed by atoms with Crippen LogP contribution in [0.4, 0.5) is 0 Å². The van der Waals surface area contributed by atoms with Gasteiger partial charge >= 0.3 is 0 Å². The third kappa shape index (κ3) is 10.2. The van der Waals surface area contributed by atoms with Gasteiger partial charge in [-0.25, -0.2) is 0 Å². The Morgan fingerprint density at radius 2 is 1.80 bits per heavy atom. The first kappa shape index (κ1) is 14.9. The van der Waals surface area contributed by atoms with Gasteiger partial charge in [0.2, 0.25) is 0 Å². The van der Waals surface area contributed by atoms with Gasteiger partial charge in [-0.2, -0.15) is 0 Å². The summed E-state index contributed by atoms with van der Waals surface area (Å²) in [7, 11) is 0. The highest BCUT2D eigenvalue weighted by molar-refractivity contribution is 4.78. The van der Waals surface area contributed by atoms with E-state index in [2.05, 4.69) is 38.3 Å². The van der Waals surface area contributed by atoms with E-state index in [-0.39, 0.29) is 12.1 Å². The Bertz CT molecular complexity index is 147. The van der Waals surface area contributed by atoms with Crippen LogP contribution in [-0.4, -0.2) is 36.9 Å². The topological polar surface area (TPSA) is 44.3 Å². The van der Waals surface area contributed by atoms with Crippen LogP contribution in [0, 0.1) is 5.92 Å². The van der Waals surface area contributed by atoms with Gasteiger partial charge in [0.25, 0.3) is 0 Å². The molecule has 0 amide bonds. The second-order valence-corrected chi connectivity index (χ2v) is 5.22. The van der Waals surface area contributed by atoms with E-state index in [0.29, 0.717) is 6.54 Å².